The van der Waals surface area contributed by atoms with Gasteiger partial charge in [0.2, 0.25) is 0 Å². The molecule has 120 valence electrons. The van der Waals surface area contributed by atoms with Crippen LogP contribution in [0.4, 0.5) is 11.4 Å². The van der Waals surface area contributed by atoms with E-state index in [4.69, 9.17) is 0 Å². The van der Waals surface area contributed by atoms with Crippen LogP contribution in [0.25, 0.3) is 5.65 Å². The Morgan fingerprint density at radius 1 is 1.22 bits per heavy atom. The highest BCUT2D eigenvalue weighted by molar-refractivity contribution is 5.66. The van der Waals surface area contributed by atoms with Gasteiger partial charge in [-0.05, 0) is 42.7 Å². The molecule has 0 bridgehead atoms. The van der Waals surface area contributed by atoms with Crippen LogP contribution in [0.3, 0.4) is 0 Å². The molecule has 0 spiro atoms. The number of H-pyrrole nitrogens is 1. The fourth-order valence-corrected chi connectivity index (χ4v) is 2.55. The Morgan fingerprint density at radius 3 is 2.74 bits per heavy atom. The molecule has 0 amide bonds. The van der Waals surface area contributed by atoms with Crippen molar-refractivity contribution in [3.8, 4) is 0 Å². The minimum atomic E-state index is -0.218. The number of nitrogens with one attached hydrogen (secondary N) is 2. The van der Waals surface area contributed by atoms with Crippen molar-refractivity contribution in [2.45, 2.75) is 12.8 Å². The molecular weight excluding hydrogens is 290 g/mol. The van der Waals surface area contributed by atoms with E-state index in [1.165, 1.54) is 15.7 Å². The largest absolute Gasteiger partial charge is 0.382 e. The summed E-state index contributed by atoms with van der Waals surface area (Å²) < 4.78 is 1.50. The van der Waals surface area contributed by atoms with E-state index in [0.717, 1.165) is 25.1 Å². The molecule has 0 saturated carbocycles. The summed E-state index contributed by atoms with van der Waals surface area (Å²) in [5.74, 6) is 0. The van der Waals surface area contributed by atoms with Gasteiger partial charge in [-0.2, -0.15) is 5.10 Å². The average Bonchev–Trinajstić information content (AvgIpc) is 2.94. The monoisotopic (exact) mass is 311 g/mol. The van der Waals surface area contributed by atoms with Crippen molar-refractivity contribution in [3.05, 3.63) is 58.6 Å². The zero-order valence-corrected chi connectivity index (χ0v) is 13.4. The van der Waals surface area contributed by atoms with Gasteiger partial charge in [0.25, 0.3) is 0 Å². The molecule has 6 nitrogen and oxygen atoms in total. The zero-order valence-electron chi connectivity index (χ0n) is 13.4. The molecule has 2 aromatic heterocycles. The van der Waals surface area contributed by atoms with Gasteiger partial charge in [0, 0.05) is 32.5 Å². The van der Waals surface area contributed by atoms with E-state index in [-0.39, 0.29) is 5.69 Å². The molecule has 2 N–H and O–H groups in total. The van der Waals surface area contributed by atoms with Crippen LogP contribution in [0, 0.1) is 0 Å². The van der Waals surface area contributed by atoms with Crippen LogP contribution in [-0.2, 0) is 6.42 Å². The van der Waals surface area contributed by atoms with Crippen LogP contribution in [0.2, 0.25) is 0 Å². The second kappa shape index (κ2) is 6.56. The van der Waals surface area contributed by atoms with Gasteiger partial charge < -0.3 is 10.2 Å². The average molecular weight is 311 g/mol. The molecule has 1 aromatic carbocycles. The number of benzene rings is 1. The molecule has 0 unspecified atom stereocenters. The maximum atomic E-state index is 11.5. The Kier molecular flexibility index (Phi) is 4.32. The molecule has 0 aliphatic rings. The van der Waals surface area contributed by atoms with E-state index in [1.54, 1.807) is 6.20 Å². The number of aromatic nitrogens is 3. The van der Waals surface area contributed by atoms with Crippen molar-refractivity contribution in [3.63, 3.8) is 0 Å². The first-order valence-electron chi connectivity index (χ1n) is 7.71. The highest BCUT2D eigenvalue weighted by atomic mass is 16.1. The highest BCUT2D eigenvalue weighted by Crippen LogP contribution is 2.15. The first-order chi connectivity index (χ1) is 11.1. The van der Waals surface area contributed by atoms with E-state index in [1.807, 2.05) is 26.2 Å². The summed E-state index contributed by atoms with van der Waals surface area (Å²) in [7, 11) is 4.08. The number of nitrogens with zero attached hydrogens (tertiary/aromatic N) is 3. The standard InChI is InChI=1S/C17H21N5O/c1-21(2)14-9-7-13(8-10-14)5-3-11-18-15-6-4-12-22-16(15)19-20-17(22)23/h4,6-10,12,18H,3,5,11H2,1-2H3,(H,20,23). The lowest BCUT2D eigenvalue weighted by atomic mass is 10.1. The molecule has 0 aliphatic heterocycles. The summed E-state index contributed by atoms with van der Waals surface area (Å²) in [6.45, 7) is 0.830. The lowest BCUT2D eigenvalue weighted by Gasteiger charge is -2.12. The number of rotatable bonds is 6. The molecule has 6 heteroatoms. The van der Waals surface area contributed by atoms with Gasteiger partial charge in [0.1, 0.15) is 0 Å². The van der Waals surface area contributed by atoms with Crippen molar-refractivity contribution < 1.29 is 0 Å². The first-order valence-corrected chi connectivity index (χ1v) is 7.71. The van der Waals surface area contributed by atoms with Gasteiger partial charge in [0.15, 0.2) is 5.65 Å². The van der Waals surface area contributed by atoms with Crippen molar-refractivity contribution in [1.82, 2.24) is 14.6 Å². The molecule has 0 fully saturated rings. The number of hydrogen-bond donors (Lipinski definition) is 2. The second-order valence-corrected chi connectivity index (χ2v) is 5.74. The first kappa shape index (κ1) is 15.1. The Bertz CT molecular complexity index is 832. The van der Waals surface area contributed by atoms with Crippen LogP contribution >= 0.6 is 0 Å². The third-order valence-corrected chi connectivity index (χ3v) is 3.85. The van der Waals surface area contributed by atoms with E-state index in [0.29, 0.717) is 5.65 Å². The Balaban J connectivity index is 1.56. The topological polar surface area (TPSA) is 65.4 Å². The molecule has 0 aliphatic carbocycles. The van der Waals surface area contributed by atoms with Gasteiger partial charge in [-0.15, -0.1) is 0 Å². The lowest BCUT2D eigenvalue weighted by Crippen LogP contribution is -2.10. The number of fused-ring (bicyclic) bond motifs is 1. The molecular formula is C17H21N5O. The maximum Gasteiger partial charge on any atom is 0.347 e. The van der Waals surface area contributed by atoms with Crippen LogP contribution in [0.5, 0.6) is 0 Å². The summed E-state index contributed by atoms with van der Waals surface area (Å²) in [6, 6.07) is 12.4. The summed E-state index contributed by atoms with van der Waals surface area (Å²) >= 11 is 0. The van der Waals surface area contributed by atoms with Crippen molar-refractivity contribution in [2.24, 2.45) is 0 Å². The Morgan fingerprint density at radius 2 is 2.00 bits per heavy atom. The molecule has 0 radical (unpaired) electrons. The minimum absolute atomic E-state index is 0.218. The van der Waals surface area contributed by atoms with Crippen molar-refractivity contribution in [1.29, 1.82) is 0 Å². The molecule has 23 heavy (non-hydrogen) atoms. The minimum Gasteiger partial charge on any atom is -0.382 e. The predicted molar refractivity (Wildman–Crippen MR) is 93.4 cm³/mol. The molecule has 0 atom stereocenters. The number of anilines is 2. The molecule has 2 heterocycles. The summed E-state index contributed by atoms with van der Waals surface area (Å²) in [5.41, 5.74) is 3.82. The smallest absolute Gasteiger partial charge is 0.347 e. The van der Waals surface area contributed by atoms with E-state index >= 15 is 0 Å². The Hall–Kier alpha value is -2.76. The van der Waals surface area contributed by atoms with Gasteiger partial charge in [-0.25, -0.2) is 14.3 Å². The number of aromatic amines is 1. The molecule has 0 saturated heterocycles. The van der Waals surface area contributed by atoms with Crippen LogP contribution in [-0.4, -0.2) is 35.2 Å². The normalized spacial score (nSPS) is 10.9. The SMILES string of the molecule is CN(C)c1ccc(CCCNc2cccn3c(=O)[nH]nc23)cc1. The van der Waals surface area contributed by atoms with E-state index in [2.05, 4.69) is 44.7 Å². The highest BCUT2D eigenvalue weighted by Gasteiger charge is 2.04. The number of pyridine rings is 1. The maximum absolute atomic E-state index is 11.5. The van der Waals surface area contributed by atoms with Gasteiger partial charge in [-0.1, -0.05) is 12.1 Å². The van der Waals surface area contributed by atoms with Crippen LogP contribution in [0.1, 0.15) is 12.0 Å². The number of aryl methyl sites for hydroxylation is 1. The van der Waals surface area contributed by atoms with E-state index < -0.39 is 0 Å². The lowest BCUT2D eigenvalue weighted by molar-refractivity contribution is 0.862. The Labute approximate surface area is 134 Å². The van der Waals surface area contributed by atoms with Gasteiger partial charge >= 0.3 is 5.69 Å². The quantitative estimate of drug-likeness (QED) is 0.685. The third-order valence-electron chi connectivity index (χ3n) is 3.85. The summed E-state index contributed by atoms with van der Waals surface area (Å²) in [5, 5.41) is 9.85. The van der Waals surface area contributed by atoms with E-state index in [9.17, 15) is 4.79 Å². The van der Waals surface area contributed by atoms with Crippen molar-refractivity contribution in [2.75, 3.05) is 30.9 Å². The molecule has 3 aromatic rings. The summed E-state index contributed by atoms with van der Waals surface area (Å²) in [6.07, 6.45) is 3.73. The second-order valence-electron chi connectivity index (χ2n) is 5.74. The third kappa shape index (κ3) is 3.36. The van der Waals surface area contributed by atoms with Gasteiger partial charge in [-0.3, -0.25) is 0 Å². The number of hydrogen-bond acceptors (Lipinski definition) is 4. The molecule has 3 rings (SSSR count). The fraction of sp³-hybridized carbons (Fsp3) is 0.294. The zero-order chi connectivity index (χ0) is 16.2. The van der Waals surface area contributed by atoms with Crippen LogP contribution < -0.4 is 15.9 Å². The fourth-order valence-electron chi connectivity index (χ4n) is 2.55. The summed E-state index contributed by atoms with van der Waals surface area (Å²) in [4.78, 5) is 13.6. The van der Waals surface area contributed by atoms with Gasteiger partial charge in [0.05, 0.1) is 5.69 Å². The predicted octanol–water partition coefficient (Wildman–Crippen LogP) is 2.13. The van der Waals surface area contributed by atoms with Crippen molar-refractivity contribution >= 4 is 17.0 Å². The van der Waals surface area contributed by atoms with Crippen LogP contribution in [0.15, 0.2) is 47.4 Å².